The van der Waals surface area contributed by atoms with Gasteiger partial charge in [0.2, 0.25) is 0 Å². The van der Waals surface area contributed by atoms with Crippen molar-refractivity contribution in [2.75, 3.05) is 11.9 Å². The van der Waals surface area contributed by atoms with Crippen LogP contribution in [0.2, 0.25) is 0 Å². The van der Waals surface area contributed by atoms with Gasteiger partial charge in [0.15, 0.2) is 5.71 Å². The molecule has 0 atom stereocenters. The first-order valence-corrected chi connectivity index (χ1v) is 10.5. The monoisotopic (exact) mass is 398 g/mol. The van der Waals surface area contributed by atoms with E-state index in [9.17, 15) is 4.79 Å². The molecule has 0 radical (unpaired) electrons. The molecule has 1 aliphatic heterocycles. The molecule has 5 rings (SSSR count). The second kappa shape index (κ2) is 6.66. The highest BCUT2D eigenvalue weighted by Crippen LogP contribution is 2.33. The van der Waals surface area contributed by atoms with Crippen LogP contribution in [0.3, 0.4) is 0 Å². The number of benzene rings is 2. The van der Waals surface area contributed by atoms with Gasteiger partial charge in [0, 0.05) is 23.5 Å². The van der Waals surface area contributed by atoms with Gasteiger partial charge in [0.05, 0.1) is 17.1 Å². The fraction of sp³-hybridized carbons (Fsp3) is 0.320. The van der Waals surface area contributed by atoms with Gasteiger partial charge in [-0.05, 0) is 54.0 Å². The van der Waals surface area contributed by atoms with Crippen LogP contribution in [0.25, 0.3) is 10.9 Å². The zero-order valence-electron chi connectivity index (χ0n) is 17.9. The Morgan fingerprint density at radius 2 is 1.83 bits per heavy atom. The van der Waals surface area contributed by atoms with Crippen LogP contribution >= 0.6 is 0 Å². The summed E-state index contributed by atoms with van der Waals surface area (Å²) in [5.41, 5.74) is 8.03. The van der Waals surface area contributed by atoms with Gasteiger partial charge in [0.25, 0.3) is 5.91 Å². The number of carbonyl (C=O) groups is 1. The minimum absolute atomic E-state index is 0.108. The molecule has 1 aliphatic carbocycles. The van der Waals surface area contributed by atoms with Gasteiger partial charge < -0.3 is 9.88 Å². The molecule has 1 amide bonds. The van der Waals surface area contributed by atoms with Crippen LogP contribution in [-0.4, -0.2) is 29.4 Å². The van der Waals surface area contributed by atoms with Gasteiger partial charge in [-0.15, -0.1) is 5.10 Å². The molecule has 0 spiro atoms. The fourth-order valence-corrected chi connectivity index (χ4v) is 4.43. The maximum absolute atomic E-state index is 12.7. The van der Waals surface area contributed by atoms with Gasteiger partial charge in [-0.25, -0.2) is 0 Å². The summed E-state index contributed by atoms with van der Waals surface area (Å²) in [5.74, 6) is -0.108. The molecule has 0 bridgehead atoms. The van der Waals surface area contributed by atoms with E-state index in [0.29, 0.717) is 5.71 Å². The molecule has 0 unspecified atom stereocenters. The Morgan fingerprint density at radius 3 is 2.63 bits per heavy atom. The first kappa shape index (κ1) is 18.8. The topological polar surface area (TPSA) is 60.8 Å². The smallest absolute Gasteiger partial charge is 0.279 e. The zero-order valence-corrected chi connectivity index (χ0v) is 17.9. The molecule has 152 valence electrons. The highest BCUT2D eigenvalue weighted by molar-refractivity contribution is 6.54. The molecule has 5 heteroatoms. The van der Waals surface area contributed by atoms with Crippen LogP contribution in [0, 0.1) is 0 Å². The van der Waals surface area contributed by atoms with Gasteiger partial charge in [-0.2, -0.15) is 5.10 Å². The van der Waals surface area contributed by atoms with E-state index in [1.165, 1.54) is 16.5 Å². The summed E-state index contributed by atoms with van der Waals surface area (Å²) in [6.07, 6.45) is 2.92. The predicted molar refractivity (Wildman–Crippen MR) is 123 cm³/mol. The predicted octanol–water partition coefficient (Wildman–Crippen LogP) is 4.97. The number of amides is 1. The van der Waals surface area contributed by atoms with E-state index in [4.69, 9.17) is 0 Å². The minimum atomic E-state index is -0.108. The lowest BCUT2D eigenvalue weighted by atomic mass is 9.85. The number of anilines is 1. The Bertz CT molecular complexity index is 1240. The summed E-state index contributed by atoms with van der Waals surface area (Å²) in [6, 6.07) is 14.4. The molecule has 0 saturated carbocycles. The molecule has 0 fully saturated rings. The molecular weight excluding hydrogens is 372 g/mol. The lowest BCUT2D eigenvalue weighted by Crippen LogP contribution is -2.25. The Labute approximate surface area is 176 Å². The van der Waals surface area contributed by atoms with E-state index >= 15 is 0 Å². The number of hydrogen-bond donors (Lipinski definition) is 1. The maximum Gasteiger partial charge on any atom is 0.279 e. The molecule has 2 heterocycles. The van der Waals surface area contributed by atoms with Gasteiger partial charge in [-0.1, -0.05) is 45.0 Å². The van der Waals surface area contributed by atoms with E-state index in [-0.39, 0.29) is 11.3 Å². The van der Waals surface area contributed by atoms with Crippen LogP contribution in [-0.2, 0) is 16.6 Å². The lowest BCUT2D eigenvalue weighted by Gasteiger charge is -2.19. The number of carbonyl (C=O) groups excluding carboxylic acids is 1. The summed E-state index contributed by atoms with van der Waals surface area (Å²) in [6.45, 7) is 6.72. The van der Waals surface area contributed by atoms with Crippen LogP contribution in [0.5, 0.6) is 0 Å². The van der Waals surface area contributed by atoms with Crippen molar-refractivity contribution >= 4 is 33.9 Å². The summed E-state index contributed by atoms with van der Waals surface area (Å²) in [7, 11) is 1.78. The highest BCUT2D eigenvalue weighted by Gasteiger charge is 2.31. The van der Waals surface area contributed by atoms with Crippen LogP contribution < -0.4 is 4.90 Å². The molecule has 30 heavy (non-hydrogen) atoms. The van der Waals surface area contributed by atoms with Crippen LogP contribution in [0.1, 0.15) is 56.0 Å². The van der Waals surface area contributed by atoms with E-state index in [1.807, 2.05) is 24.3 Å². The van der Waals surface area contributed by atoms with Gasteiger partial charge in [-0.3, -0.25) is 4.79 Å². The number of rotatable bonds is 1. The Balaban J connectivity index is 1.59. The van der Waals surface area contributed by atoms with Crippen molar-refractivity contribution < 1.29 is 4.79 Å². The second-order valence-electron chi connectivity index (χ2n) is 9.22. The number of aryl methyl sites for hydroxylation is 1. The third-order valence-corrected chi connectivity index (χ3v) is 6.20. The van der Waals surface area contributed by atoms with Crippen molar-refractivity contribution in [1.82, 2.24) is 4.98 Å². The SMILES string of the molecule is CN1C(=O)/C(=N\N=C2/CCCc3c2[nH]c2ccc(C(C)(C)C)cc32)c2ccccc21. The molecule has 0 saturated heterocycles. The average molecular weight is 399 g/mol. The van der Waals surface area contributed by atoms with Crippen molar-refractivity contribution in [3.05, 3.63) is 64.8 Å². The zero-order chi connectivity index (χ0) is 21.0. The van der Waals surface area contributed by atoms with E-state index in [1.54, 1.807) is 11.9 Å². The molecule has 1 aromatic heterocycles. The molecule has 2 aliphatic rings. The van der Waals surface area contributed by atoms with Crippen LogP contribution in [0.4, 0.5) is 5.69 Å². The molecule has 1 N–H and O–H groups in total. The molecule has 3 aromatic rings. The number of para-hydroxylation sites is 1. The van der Waals surface area contributed by atoms with Crippen molar-refractivity contribution in [3.63, 3.8) is 0 Å². The summed E-state index contributed by atoms with van der Waals surface area (Å²) in [4.78, 5) is 17.9. The van der Waals surface area contributed by atoms with E-state index in [2.05, 4.69) is 54.2 Å². The number of hydrogen-bond acceptors (Lipinski definition) is 3. The normalized spacial score (nSPS) is 19.1. The second-order valence-corrected chi connectivity index (χ2v) is 9.22. The number of nitrogens with one attached hydrogen (secondary N) is 1. The Hall–Kier alpha value is -3.21. The highest BCUT2D eigenvalue weighted by atomic mass is 16.2. The van der Waals surface area contributed by atoms with Crippen LogP contribution in [0.15, 0.2) is 52.7 Å². The number of fused-ring (bicyclic) bond motifs is 4. The fourth-order valence-electron chi connectivity index (χ4n) is 4.43. The van der Waals surface area contributed by atoms with Gasteiger partial charge in [0.1, 0.15) is 0 Å². The Morgan fingerprint density at radius 1 is 1.03 bits per heavy atom. The number of likely N-dealkylation sites (N-methyl/N-ethyl adjacent to an activating group) is 1. The number of nitrogens with zero attached hydrogens (tertiary/aromatic N) is 3. The summed E-state index contributed by atoms with van der Waals surface area (Å²) < 4.78 is 0. The molecule has 5 nitrogen and oxygen atoms in total. The molecular formula is C25H26N4O. The third-order valence-electron chi connectivity index (χ3n) is 6.20. The Kier molecular flexibility index (Phi) is 4.17. The third kappa shape index (κ3) is 2.88. The van der Waals surface area contributed by atoms with E-state index < -0.39 is 0 Å². The quantitative estimate of drug-likeness (QED) is 0.578. The van der Waals surface area contributed by atoms with Crippen molar-refractivity contribution in [1.29, 1.82) is 0 Å². The molecule has 2 aromatic carbocycles. The van der Waals surface area contributed by atoms with Gasteiger partial charge >= 0.3 is 0 Å². The van der Waals surface area contributed by atoms with Crippen molar-refractivity contribution in [2.45, 2.75) is 45.4 Å². The first-order chi connectivity index (χ1) is 14.3. The average Bonchev–Trinajstić information content (AvgIpc) is 3.22. The maximum atomic E-state index is 12.7. The lowest BCUT2D eigenvalue weighted by molar-refractivity contribution is -0.111. The number of aromatic nitrogens is 1. The summed E-state index contributed by atoms with van der Waals surface area (Å²) >= 11 is 0. The number of H-pyrrole nitrogens is 1. The minimum Gasteiger partial charge on any atom is -0.353 e. The standard InChI is InChI=1S/C25H26N4O/c1-25(2,3)15-12-13-19-18(14-15)16-9-7-10-20(22(16)26-19)27-28-23-17-8-5-6-11-21(17)29(4)24(23)30/h5-6,8,11-14,26H,7,9-10H2,1-4H3/b27-20+,28-23-. The number of aromatic amines is 1. The summed E-state index contributed by atoms with van der Waals surface area (Å²) in [5, 5.41) is 10.3. The van der Waals surface area contributed by atoms with Crippen molar-refractivity contribution in [3.8, 4) is 0 Å². The largest absolute Gasteiger partial charge is 0.353 e. The first-order valence-electron chi connectivity index (χ1n) is 10.5. The van der Waals surface area contributed by atoms with E-state index in [0.717, 1.165) is 47.4 Å². The van der Waals surface area contributed by atoms with Crippen molar-refractivity contribution in [2.24, 2.45) is 10.2 Å².